The van der Waals surface area contributed by atoms with Crippen LogP contribution in [-0.4, -0.2) is 5.78 Å². The summed E-state index contributed by atoms with van der Waals surface area (Å²) in [6.07, 6.45) is 0.884. The first-order valence-electron chi connectivity index (χ1n) is 4.14. The number of hydrogen-bond donors (Lipinski definition) is 0. The van der Waals surface area contributed by atoms with Gasteiger partial charge >= 0.3 is 0 Å². The molecule has 0 amide bonds. The molecule has 0 unspecified atom stereocenters. The summed E-state index contributed by atoms with van der Waals surface area (Å²) >= 11 is 0. The average Bonchev–Trinajstić information content (AvgIpc) is 2.10. The van der Waals surface area contributed by atoms with E-state index in [0.717, 1.165) is 6.07 Å². The highest BCUT2D eigenvalue weighted by atomic mass is 19.2. The molecule has 0 bridgehead atoms. The Hall–Kier alpha value is -1.25. The van der Waals surface area contributed by atoms with Gasteiger partial charge in [0.2, 0.25) is 0 Å². The predicted octanol–water partition coefficient (Wildman–Crippen LogP) is 2.95. The first kappa shape index (κ1) is 9.84. The standard InChI is InChI=1S/C10H10F2O/c1-2-4-9(13)7-5-3-6-8(11)10(7)12/h3,5-6H,2,4H2,1H3. The lowest BCUT2D eigenvalue weighted by atomic mass is 10.1. The van der Waals surface area contributed by atoms with Gasteiger partial charge in [-0.15, -0.1) is 0 Å². The van der Waals surface area contributed by atoms with Crippen molar-refractivity contribution in [2.45, 2.75) is 19.8 Å². The number of halogens is 2. The maximum atomic E-state index is 13.0. The van der Waals surface area contributed by atoms with Gasteiger partial charge in [-0.05, 0) is 18.6 Å². The zero-order valence-electron chi connectivity index (χ0n) is 7.31. The lowest BCUT2D eigenvalue weighted by molar-refractivity contribution is 0.0977. The lowest BCUT2D eigenvalue weighted by Crippen LogP contribution is -2.03. The molecule has 0 saturated heterocycles. The molecule has 3 heteroatoms. The third kappa shape index (κ3) is 2.11. The van der Waals surface area contributed by atoms with Gasteiger partial charge in [-0.1, -0.05) is 13.0 Å². The topological polar surface area (TPSA) is 17.1 Å². The summed E-state index contributed by atoms with van der Waals surface area (Å²) in [5.41, 5.74) is -0.151. The fourth-order valence-electron chi connectivity index (χ4n) is 1.08. The van der Waals surface area contributed by atoms with Crippen LogP contribution in [0.15, 0.2) is 18.2 Å². The van der Waals surface area contributed by atoms with E-state index in [1.165, 1.54) is 12.1 Å². The monoisotopic (exact) mass is 184 g/mol. The van der Waals surface area contributed by atoms with Gasteiger partial charge in [-0.2, -0.15) is 0 Å². The summed E-state index contributed by atoms with van der Waals surface area (Å²) in [5, 5.41) is 0. The normalized spacial score (nSPS) is 10.1. The van der Waals surface area contributed by atoms with Gasteiger partial charge in [-0.3, -0.25) is 4.79 Å². The van der Waals surface area contributed by atoms with E-state index < -0.39 is 11.6 Å². The highest BCUT2D eigenvalue weighted by molar-refractivity contribution is 5.96. The first-order chi connectivity index (χ1) is 6.16. The van der Waals surface area contributed by atoms with Crippen LogP contribution in [-0.2, 0) is 0 Å². The molecule has 0 atom stereocenters. The number of hydrogen-bond acceptors (Lipinski definition) is 1. The minimum Gasteiger partial charge on any atom is -0.294 e. The second-order valence-corrected chi connectivity index (χ2v) is 2.77. The average molecular weight is 184 g/mol. The Balaban J connectivity index is 3.01. The fourth-order valence-corrected chi connectivity index (χ4v) is 1.08. The highest BCUT2D eigenvalue weighted by Crippen LogP contribution is 2.13. The zero-order valence-corrected chi connectivity index (χ0v) is 7.31. The fraction of sp³-hybridized carbons (Fsp3) is 0.300. The minimum absolute atomic E-state index is 0.151. The van der Waals surface area contributed by atoms with Gasteiger partial charge in [0.1, 0.15) is 0 Å². The van der Waals surface area contributed by atoms with Gasteiger partial charge in [0.25, 0.3) is 0 Å². The smallest absolute Gasteiger partial charge is 0.169 e. The molecule has 0 fully saturated rings. The number of ketones is 1. The number of rotatable bonds is 3. The Labute approximate surface area is 75.4 Å². The predicted molar refractivity (Wildman–Crippen MR) is 45.6 cm³/mol. The van der Waals surface area contributed by atoms with Crippen molar-refractivity contribution in [2.75, 3.05) is 0 Å². The molecule has 1 rings (SSSR count). The molecule has 0 heterocycles. The van der Waals surface area contributed by atoms with Crippen LogP contribution in [0.1, 0.15) is 30.1 Å². The van der Waals surface area contributed by atoms with E-state index in [1.807, 2.05) is 6.92 Å². The molecular weight excluding hydrogens is 174 g/mol. The molecule has 1 aromatic rings. The maximum absolute atomic E-state index is 13.0. The number of carbonyl (C=O) groups excluding carboxylic acids is 1. The van der Waals surface area contributed by atoms with Crippen LogP contribution in [0.5, 0.6) is 0 Å². The van der Waals surface area contributed by atoms with Gasteiger partial charge in [0, 0.05) is 6.42 Å². The molecule has 0 aromatic heterocycles. The molecule has 0 aliphatic heterocycles. The highest BCUT2D eigenvalue weighted by Gasteiger charge is 2.13. The Morgan fingerprint density at radius 1 is 1.38 bits per heavy atom. The van der Waals surface area contributed by atoms with E-state index in [1.54, 1.807) is 0 Å². The molecule has 1 nitrogen and oxygen atoms in total. The summed E-state index contributed by atoms with van der Waals surface area (Å²) in [4.78, 5) is 11.2. The zero-order chi connectivity index (χ0) is 9.84. The van der Waals surface area contributed by atoms with Crippen LogP contribution in [0.4, 0.5) is 8.78 Å². The summed E-state index contributed by atoms with van der Waals surface area (Å²) < 4.78 is 25.6. The van der Waals surface area contributed by atoms with Crippen molar-refractivity contribution >= 4 is 5.78 Å². The SMILES string of the molecule is CCCC(=O)c1cccc(F)c1F. The molecular formula is C10H10F2O. The molecule has 0 radical (unpaired) electrons. The van der Waals surface area contributed by atoms with Crippen LogP contribution < -0.4 is 0 Å². The quantitative estimate of drug-likeness (QED) is 0.660. The van der Waals surface area contributed by atoms with Crippen molar-refractivity contribution in [3.63, 3.8) is 0 Å². The van der Waals surface area contributed by atoms with E-state index >= 15 is 0 Å². The molecule has 70 valence electrons. The van der Waals surface area contributed by atoms with Crippen molar-refractivity contribution in [1.29, 1.82) is 0 Å². The van der Waals surface area contributed by atoms with Crippen molar-refractivity contribution in [3.8, 4) is 0 Å². The number of benzene rings is 1. The molecule has 0 aliphatic carbocycles. The Kier molecular flexibility index (Phi) is 3.12. The van der Waals surface area contributed by atoms with Gasteiger partial charge in [-0.25, -0.2) is 8.78 Å². The van der Waals surface area contributed by atoms with Crippen LogP contribution in [0.3, 0.4) is 0 Å². The van der Waals surface area contributed by atoms with Crippen molar-refractivity contribution in [1.82, 2.24) is 0 Å². The van der Waals surface area contributed by atoms with Crippen molar-refractivity contribution in [2.24, 2.45) is 0 Å². The van der Waals surface area contributed by atoms with Crippen molar-refractivity contribution < 1.29 is 13.6 Å². The van der Waals surface area contributed by atoms with Gasteiger partial charge < -0.3 is 0 Å². The maximum Gasteiger partial charge on any atom is 0.169 e. The number of Topliss-reactive ketones (excluding diaryl/α,β-unsaturated/α-hetero) is 1. The molecule has 0 spiro atoms. The Morgan fingerprint density at radius 2 is 2.08 bits per heavy atom. The second-order valence-electron chi connectivity index (χ2n) is 2.77. The van der Waals surface area contributed by atoms with Crippen LogP contribution >= 0.6 is 0 Å². The lowest BCUT2D eigenvalue weighted by Gasteiger charge is -2.00. The summed E-state index contributed by atoms with van der Waals surface area (Å²) in [6, 6.07) is 3.63. The van der Waals surface area contributed by atoms with Crippen LogP contribution in [0, 0.1) is 11.6 Å². The molecule has 0 aliphatic rings. The summed E-state index contributed by atoms with van der Waals surface area (Å²) in [5.74, 6) is -2.36. The third-order valence-corrected chi connectivity index (χ3v) is 1.73. The van der Waals surface area contributed by atoms with Crippen LogP contribution in [0.25, 0.3) is 0 Å². The van der Waals surface area contributed by atoms with E-state index in [-0.39, 0.29) is 17.8 Å². The van der Waals surface area contributed by atoms with Crippen molar-refractivity contribution in [3.05, 3.63) is 35.4 Å². The molecule has 0 saturated carbocycles. The Morgan fingerprint density at radius 3 is 2.69 bits per heavy atom. The number of carbonyl (C=O) groups is 1. The summed E-state index contributed by atoms with van der Waals surface area (Å²) in [7, 11) is 0. The van der Waals surface area contributed by atoms with Gasteiger partial charge in [0.15, 0.2) is 17.4 Å². The van der Waals surface area contributed by atoms with E-state index in [4.69, 9.17) is 0 Å². The summed E-state index contributed by atoms with van der Waals surface area (Å²) in [6.45, 7) is 1.81. The van der Waals surface area contributed by atoms with E-state index in [0.29, 0.717) is 6.42 Å². The second kappa shape index (κ2) is 4.12. The van der Waals surface area contributed by atoms with E-state index in [9.17, 15) is 13.6 Å². The largest absolute Gasteiger partial charge is 0.294 e. The molecule has 13 heavy (non-hydrogen) atoms. The minimum atomic E-state index is -1.04. The first-order valence-corrected chi connectivity index (χ1v) is 4.14. The van der Waals surface area contributed by atoms with E-state index in [2.05, 4.69) is 0 Å². The Bertz CT molecular complexity index is 321. The molecule has 0 N–H and O–H groups in total. The van der Waals surface area contributed by atoms with Crippen LogP contribution in [0.2, 0.25) is 0 Å². The third-order valence-electron chi connectivity index (χ3n) is 1.73. The van der Waals surface area contributed by atoms with Gasteiger partial charge in [0.05, 0.1) is 5.56 Å². The molecule has 1 aromatic carbocycles.